The van der Waals surface area contributed by atoms with Gasteiger partial charge in [0.1, 0.15) is 0 Å². The van der Waals surface area contributed by atoms with Gasteiger partial charge in [-0.2, -0.15) is 0 Å². The molecule has 0 saturated carbocycles. The van der Waals surface area contributed by atoms with Crippen LogP contribution < -0.4 is 9.47 Å². The molecular formula is C15H17NO8. The number of hydrogen-bond acceptors (Lipinski definition) is 8. The van der Waals surface area contributed by atoms with Gasteiger partial charge in [0.05, 0.1) is 43.5 Å². The summed E-state index contributed by atoms with van der Waals surface area (Å²) in [6, 6.07) is 2.36. The highest BCUT2D eigenvalue weighted by Crippen LogP contribution is 2.40. The number of carbonyl (C=O) groups is 2. The molecule has 24 heavy (non-hydrogen) atoms. The van der Waals surface area contributed by atoms with Crippen LogP contribution in [0.2, 0.25) is 0 Å². The first-order valence-electron chi connectivity index (χ1n) is 6.61. The first-order valence-corrected chi connectivity index (χ1v) is 6.61. The lowest BCUT2D eigenvalue weighted by atomic mass is 10.00. The van der Waals surface area contributed by atoms with E-state index >= 15 is 0 Å². The zero-order valence-corrected chi connectivity index (χ0v) is 13.7. The van der Waals surface area contributed by atoms with Crippen molar-refractivity contribution >= 4 is 17.6 Å². The molecule has 1 rings (SSSR count). The summed E-state index contributed by atoms with van der Waals surface area (Å²) in [6.07, 6.45) is -1.41. The Morgan fingerprint density at radius 3 is 2.12 bits per heavy atom. The predicted molar refractivity (Wildman–Crippen MR) is 81.9 cm³/mol. The minimum atomic E-state index is -1.41. The number of methoxy groups -OCH3 is 3. The van der Waals surface area contributed by atoms with Gasteiger partial charge in [0, 0.05) is 6.92 Å². The van der Waals surface area contributed by atoms with Crippen molar-refractivity contribution in [3.8, 4) is 11.5 Å². The van der Waals surface area contributed by atoms with Gasteiger partial charge >= 0.3 is 11.9 Å². The fourth-order valence-electron chi connectivity index (χ4n) is 1.98. The number of ether oxygens (including phenoxy) is 4. The van der Waals surface area contributed by atoms with Crippen molar-refractivity contribution in [1.82, 2.24) is 0 Å². The van der Waals surface area contributed by atoms with Gasteiger partial charge in [-0.15, -0.1) is 0 Å². The van der Waals surface area contributed by atoms with E-state index in [-0.39, 0.29) is 22.6 Å². The number of nitro groups is 1. The minimum absolute atomic E-state index is 0.0942. The van der Waals surface area contributed by atoms with Crippen LogP contribution in [0.3, 0.4) is 0 Å². The standard InChI is InChI=1S/C15H17NO8/c1-8(15(18)23-5)14(24-9(2)17)10-6-12(21-3)13(22-4)7-11(10)16(19)20/h6-7,14H,1H2,2-5H3. The molecule has 1 atom stereocenters. The Morgan fingerprint density at radius 1 is 1.17 bits per heavy atom. The molecule has 0 amide bonds. The van der Waals surface area contributed by atoms with Gasteiger partial charge in [-0.1, -0.05) is 6.58 Å². The van der Waals surface area contributed by atoms with Crippen molar-refractivity contribution in [3.05, 3.63) is 40.0 Å². The van der Waals surface area contributed by atoms with E-state index in [2.05, 4.69) is 11.3 Å². The smallest absolute Gasteiger partial charge is 0.337 e. The van der Waals surface area contributed by atoms with Gasteiger partial charge < -0.3 is 18.9 Å². The lowest BCUT2D eigenvalue weighted by Crippen LogP contribution is -2.18. The Hall–Kier alpha value is -3.10. The van der Waals surface area contributed by atoms with Crippen LogP contribution in [0.5, 0.6) is 11.5 Å². The van der Waals surface area contributed by atoms with E-state index in [0.717, 1.165) is 20.1 Å². The Labute approximate surface area is 137 Å². The maximum atomic E-state index is 11.7. The van der Waals surface area contributed by atoms with Crippen molar-refractivity contribution in [1.29, 1.82) is 0 Å². The number of hydrogen-bond donors (Lipinski definition) is 0. The summed E-state index contributed by atoms with van der Waals surface area (Å²) in [5, 5.41) is 11.4. The molecule has 0 saturated heterocycles. The van der Waals surface area contributed by atoms with Crippen LogP contribution in [0.15, 0.2) is 24.3 Å². The van der Waals surface area contributed by atoms with Gasteiger partial charge in [0.2, 0.25) is 0 Å². The maximum absolute atomic E-state index is 11.7. The average Bonchev–Trinajstić information content (AvgIpc) is 2.56. The molecule has 0 bridgehead atoms. The van der Waals surface area contributed by atoms with Gasteiger partial charge in [-0.3, -0.25) is 14.9 Å². The lowest BCUT2D eigenvalue weighted by Gasteiger charge is -2.19. The molecule has 130 valence electrons. The molecule has 0 fully saturated rings. The molecule has 0 N–H and O–H groups in total. The van der Waals surface area contributed by atoms with Crippen molar-refractivity contribution in [2.75, 3.05) is 21.3 Å². The largest absolute Gasteiger partial charge is 0.493 e. The van der Waals surface area contributed by atoms with E-state index in [0.29, 0.717) is 0 Å². The number of nitrogens with zero attached hydrogens (tertiary/aromatic N) is 1. The first kappa shape index (κ1) is 18.9. The molecule has 0 heterocycles. The Morgan fingerprint density at radius 2 is 1.71 bits per heavy atom. The van der Waals surface area contributed by atoms with Crippen LogP contribution in [0.4, 0.5) is 5.69 Å². The van der Waals surface area contributed by atoms with E-state index in [1.807, 2.05) is 0 Å². The highest BCUT2D eigenvalue weighted by Gasteiger charge is 2.32. The van der Waals surface area contributed by atoms with E-state index in [1.54, 1.807) is 0 Å². The fourth-order valence-corrected chi connectivity index (χ4v) is 1.98. The highest BCUT2D eigenvalue weighted by atomic mass is 16.6. The third kappa shape index (κ3) is 4.00. The zero-order valence-electron chi connectivity index (χ0n) is 13.7. The van der Waals surface area contributed by atoms with Crippen molar-refractivity contribution < 1.29 is 33.5 Å². The third-order valence-corrected chi connectivity index (χ3v) is 3.06. The molecule has 0 aliphatic rings. The Kier molecular flexibility index (Phi) is 6.28. The quantitative estimate of drug-likeness (QED) is 0.320. The Bertz CT molecular complexity index is 682. The second-order valence-corrected chi connectivity index (χ2v) is 4.53. The Balaban J connectivity index is 3.60. The molecule has 1 aromatic carbocycles. The maximum Gasteiger partial charge on any atom is 0.337 e. The van der Waals surface area contributed by atoms with E-state index in [1.165, 1.54) is 20.3 Å². The SMILES string of the molecule is C=C(C(=O)OC)C(OC(C)=O)c1cc(OC)c(OC)cc1[N+](=O)[O-]. The van der Waals surface area contributed by atoms with Gasteiger partial charge in [-0.05, 0) is 6.07 Å². The number of carbonyl (C=O) groups excluding carboxylic acids is 2. The number of nitro benzene ring substituents is 1. The predicted octanol–water partition coefficient (Wildman–Crippen LogP) is 1.95. The van der Waals surface area contributed by atoms with Crippen molar-refractivity contribution in [2.45, 2.75) is 13.0 Å². The van der Waals surface area contributed by atoms with Gasteiger partial charge in [0.25, 0.3) is 5.69 Å². The molecule has 9 heteroatoms. The molecule has 9 nitrogen and oxygen atoms in total. The van der Waals surface area contributed by atoms with Crippen LogP contribution in [0, 0.1) is 10.1 Å². The van der Waals surface area contributed by atoms with Gasteiger partial charge in [-0.25, -0.2) is 4.79 Å². The molecule has 1 aromatic rings. The van der Waals surface area contributed by atoms with Gasteiger partial charge in [0.15, 0.2) is 17.6 Å². The van der Waals surface area contributed by atoms with Crippen LogP contribution in [0.25, 0.3) is 0 Å². The van der Waals surface area contributed by atoms with E-state index in [4.69, 9.17) is 14.2 Å². The number of benzene rings is 1. The number of esters is 2. The minimum Gasteiger partial charge on any atom is -0.493 e. The second kappa shape index (κ2) is 7.95. The molecule has 1 unspecified atom stereocenters. The van der Waals surface area contributed by atoms with Crippen molar-refractivity contribution in [2.24, 2.45) is 0 Å². The lowest BCUT2D eigenvalue weighted by molar-refractivity contribution is -0.386. The topological polar surface area (TPSA) is 114 Å². The average molecular weight is 339 g/mol. The summed E-state index contributed by atoms with van der Waals surface area (Å²) in [6.45, 7) is 4.61. The molecule has 0 radical (unpaired) electrons. The summed E-state index contributed by atoms with van der Waals surface area (Å²) in [5.74, 6) is -1.36. The third-order valence-electron chi connectivity index (χ3n) is 3.06. The first-order chi connectivity index (χ1) is 11.3. The summed E-state index contributed by atoms with van der Waals surface area (Å²) < 4.78 is 19.7. The molecule has 0 aromatic heterocycles. The number of rotatable bonds is 7. The van der Waals surface area contributed by atoms with Crippen LogP contribution >= 0.6 is 0 Å². The monoisotopic (exact) mass is 339 g/mol. The normalized spacial score (nSPS) is 11.2. The molecule has 0 aliphatic carbocycles. The fraction of sp³-hybridized carbons (Fsp3) is 0.333. The summed E-state index contributed by atoms with van der Waals surface area (Å²) >= 11 is 0. The van der Waals surface area contributed by atoms with Crippen molar-refractivity contribution in [3.63, 3.8) is 0 Å². The van der Waals surface area contributed by atoms with E-state index < -0.39 is 28.7 Å². The van der Waals surface area contributed by atoms with E-state index in [9.17, 15) is 19.7 Å². The summed E-state index contributed by atoms with van der Waals surface area (Å²) in [7, 11) is 3.77. The molecule has 0 spiro atoms. The molecular weight excluding hydrogens is 322 g/mol. The van der Waals surface area contributed by atoms with Crippen LogP contribution in [0.1, 0.15) is 18.6 Å². The van der Waals surface area contributed by atoms with Crippen LogP contribution in [-0.2, 0) is 19.1 Å². The highest BCUT2D eigenvalue weighted by molar-refractivity contribution is 5.90. The second-order valence-electron chi connectivity index (χ2n) is 4.53. The molecule has 0 aliphatic heterocycles. The summed E-state index contributed by atoms with van der Waals surface area (Å²) in [5.41, 5.74) is -0.796. The zero-order chi connectivity index (χ0) is 18.4. The van der Waals surface area contributed by atoms with Crippen LogP contribution in [-0.4, -0.2) is 38.2 Å². The summed E-state index contributed by atoms with van der Waals surface area (Å²) in [4.78, 5) is 33.8.